The van der Waals surface area contributed by atoms with Crippen LogP contribution in [0.5, 0.6) is 0 Å². The van der Waals surface area contributed by atoms with Gasteiger partial charge >= 0.3 is 5.97 Å². The highest BCUT2D eigenvalue weighted by Crippen LogP contribution is 2.07. The van der Waals surface area contributed by atoms with Crippen molar-refractivity contribution in [3.8, 4) is 0 Å². The van der Waals surface area contributed by atoms with Crippen LogP contribution in [-0.2, 0) is 14.8 Å². The summed E-state index contributed by atoms with van der Waals surface area (Å²) in [5, 5.41) is 8.75. The molecule has 0 aliphatic carbocycles. The number of hydrogen-bond acceptors (Lipinski definition) is 5. The van der Waals surface area contributed by atoms with Gasteiger partial charge in [-0.05, 0) is 18.4 Å². The van der Waals surface area contributed by atoms with E-state index in [1.165, 1.54) is 18.1 Å². The van der Waals surface area contributed by atoms with Crippen LogP contribution in [0.15, 0.2) is 17.6 Å². The van der Waals surface area contributed by atoms with Gasteiger partial charge in [-0.1, -0.05) is 0 Å². The maximum Gasteiger partial charge on any atom is 0.321 e. The average Bonchev–Trinajstić information content (AvgIpc) is 2.77. The van der Waals surface area contributed by atoms with Crippen LogP contribution in [-0.4, -0.2) is 47.5 Å². The second kappa shape index (κ2) is 6.03. The summed E-state index contributed by atoms with van der Waals surface area (Å²) in [6, 6.07) is -1.13. The van der Waals surface area contributed by atoms with Crippen molar-refractivity contribution in [2.75, 3.05) is 12.0 Å². The minimum Gasteiger partial charge on any atom is -0.480 e. The Kier molecular flexibility index (Phi) is 4.97. The topological polar surface area (TPSA) is 112 Å². The van der Waals surface area contributed by atoms with Crippen LogP contribution in [0.25, 0.3) is 0 Å². The fourth-order valence-electron chi connectivity index (χ4n) is 1.11. The zero-order chi connectivity index (χ0) is 12.9. The molecule has 0 unspecified atom stereocenters. The number of H-pyrrole nitrogens is 1. The number of aliphatic carboxylic acids is 1. The number of carbonyl (C=O) groups is 1. The second-order valence-electron chi connectivity index (χ2n) is 3.21. The van der Waals surface area contributed by atoms with E-state index in [1.54, 1.807) is 0 Å². The molecule has 1 aromatic heterocycles. The summed E-state index contributed by atoms with van der Waals surface area (Å²) in [7, 11) is -3.85. The Balaban J connectivity index is 2.76. The number of rotatable bonds is 7. The molecule has 0 bridgehead atoms. The number of thioether (sulfide) groups is 1. The SMILES string of the molecule is CSCC[C@@H](NS(=O)(=O)c1cnc[nH]1)C(=O)O. The maximum atomic E-state index is 11.7. The van der Waals surface area contributed by atoms with Crippen molar-refractivity contribution < 1.29 is 18.3 Å². The van der Waals surface area contributed by atoms with E-state index in [1.807, 2.05) is 6.26 Å². The lowest BCUT2D eigenvalue weighted by Crippen LogP contribution is -2.41. The van der Waals surface area contributed by atoms with Gasteiger partial charge in [-0.2, -0.15) is 16.5 Å². The summed E-state index contributed by atoms with van der Waals surface area (Å²) in [5.41, 5.74) is 0. The van der Waals surface area contributed by atoms with E-state index < -0.39 is 22.0 Å². The smallest absolute Gasteiger partial charge is 0.321 e. The molecule has 0 saturated carbocycles. The average molecular weight is 279 g/mol. The van der Waals surface area contributed by atoms with E-state index in [0.717, 1.165) is 6.20 Å². The van der Waals surface area contributed by atoms with Gasteiger partial charge in [-0.15, -0.1) is 0 Å². The molecule has 9 heteroatoms. The Bertz CT molecular complexity index is 457. The molecule has 1 rings (SSSR count). The van der Waals surface area contributed by atoms with E-state index >= 15 is 0 Å². The van der Waals surface area contributed by atoms with Gasteiger partial charge in [0.25, 0.3) is 10.0 Å². The van der Waals surface area contributed by atoms with Crippen LogP contribution >= 0.6 is 11.8 Å². The van der Waals surface area contributed by atoms with E-state index in [4.69, 9.17) is 5.11 Å². The monoisotopic (exact) mass is 279 g/mol. The first-order valence-electron chi connectivity index (χ1n) is 4.70. The highest BCUT2D eigenvalue weighted by Gasteiger charge is 2.25. The molecule has 0 aliphatic heterocycles. The Morgan fingerprint density at radius 2 is 2.41 bits per heavy atom. The Hall–Kier alpha value is -1.06. The lowest BCUT2D eigenvalue weighted by molar-refractivity contribution is -0.139. The van der Waals surface area contributed by atoms with Crippen LogP contribution in [0.1, 0.15) is 6.42 Å². The van der Waals surface area contributed by atoms with E-state index in [0.29, 0.717) is 5.75 Å². The molecule has 0 amide bonds. The summed E-state index contributed by atoms with van der Waals surface area (Å²) >= 11 is 1.45. The molecule has 17 heavy (non-hydrogen) atoms. The normalized spacial score (nSPS) is 13.5. The maximum absolute atomic E-state index is 11.7. The van der Waals surface area contributed by atoms with Gasteiger partial charge in [0.05, 0.1) is 12.5 Å². The highest BCUT2D eigenvalue weighted by molar-refractivity contribution is 7.98. The summed E-state index contributed by atoms with van der Waals surface area (Å²) in [6.07, 6.45) is 4.38. The third-order valence-corrected chi connectivity index (χ3v) is 4.01. The third kappa shape index (κ3) is 4.02. The Morgan fingerprint density at radius 1 is 1.71 bits per heavy atom. The predicted molar refractivity (Wildman–Crippen MR) is 63.3 cm³/mol. The van der Waals surface area contributed by atoms with Gasteiger partial charge < -0.3 is 10.1 Å². The molecular weight excluding hydrogens is 266 g/mol. The molecular formula is C8H13N3O4S2. The van der Waals surface area contributed by atoms with Gasteiger partial charge in [-0.25, -0.2) is 13.4 Å². The standard InChI is InChI=1S/C8H13N3O4S2/c1-16-3-2-6(8(12)13)11-17(14,15)7-4-9-5-10-7/h4-6,11H,2-3H2,1H3,(H,9,10)(H,12,13)/t6-/m1/s1. The van der Waals surface area contributed by atoms with Crippen LogP contribution in [0.4, 0.5) is 0 Å². The molecule has 0 saturated heterocycles. The summed E-state index contributed by atoms with van der Waals surface area (Å²) in [4.78, 5) is 16.9. The fraction of sp³-hybridized carbons (Fsp3) is 0.500. The molecule has 0 aliphatic rings. The number of imidazole rings is 1. The van der Waals surface area contributed by atoms with Crippen LogP contribution < -0.4 is 4.72 Å². The largest absolute Gasteiger partial charge is 0.480 e. The molecule has 0 radical (unpaired) electrons. The minimum absolute atomic E-state index is 0.145. The third-order valence-electron chi connectivity index (χ3n) is 1.97. The van der Waals surface area contributed by atoms with Gasteiger partial charge in [-0.3, -0.25) is 4.79 Å². The Morgan fingerprint density at radius 3 is 2.88 bits per heavy atom. The summed E-state index contributed by atoms with van der Waals surface area (Å²) in [6.45, 7) is 0. The Labute approximate surface area is 103 Å². The first-order valence-corrected chi connectivity index (χ1v) is 7.57. The van der Waals surface area contributed by atoms with Crippen LogP contribution in [0, 0.1) is 0 Å². The number of nitrogens with zero attached hydrogens (tertiary/aromatic N) is 1. The first-order chi connectivity index (χ1) is 7.97. The van der Waals surface area contributed by atoms with E-state index in [-0.39, 0.29) is 11.4 Å². The van der Waals surface area contributed by atoms with Crippen molar-refractivity contribution in [1.29, 1.82) is 0 Å². The van der Waals surface area contributed by atoms with E-state index in [9.17, 15) is 13.2 Å². The molecule has 1 heterocycles. The zero-order valence-electron chi connectivity index (χ0n) is 9.08. The van der Waals surface area contributed by atoms with Crippen molar-refractivity contribution in [3.05, 3.63) is 12.5 Å². The number of hydrogen-bond donors (Lipinski definition) is 3. The van der Waals surface area contributed by atoms with Crippen LogP contribution in [0.2, 0.25) is 0 Å². The van der Waals surface area contributed by atoms with Crippen molar-refractivity contribution in [2.24, 2.45) is 0 Å². The molecule has 0 aromatic carbocycles. The van der Waals surface area contributed by atoms with Crippen molar-refractivity contribution in [1.82, 2.24) is 14.7 Å². The number of aromatic amines is 1. The van der Waals surface area contributed by atoms with Gasteiger partial charge in [0.15, 0.2) is 5.03 Å². The number of aromatic nitrogens is 2. The molecule has 1 aromatic rings. The van der Waals surface area contributed by atoms with Crippen molar-refractivity contribution in [3.63, 3.8) is 0 Å². The van der Waals surface area contributed by atoms with Gasteiger partial charge in [0, 0.05) is 0 Å². The number of carboxylic acid groups (broad SMARTS) is 1. The van der Waals surface area contributed by atoms with Crippen molar-refractivity contribution in [2.45, 2.75) is 17.5 Å². The quantitative estimate of drug-likeness (QED) is 0.642. The second-order valence-corrected chi connectivity index (χ2v) is 5.88. The molecule has 0 fully saturated rings. The molecule has 96 valence electrons. The van der Waals surface area contributed by atoms with E-state index in [2.05, 4.69) is 14.7 Å². The predicted octanol–water partition coefficient (Wildman–Crippen LogP) is -0.106. The number of carboxylic acids is 1. The first kappa shape index (κ1) is 14.0. The molecule has 3 N–H and O–H groups in total. The highest BCUT2D eigenvalue weighted by atomic mass is 32.2. The van der Waals surface area contributed by atoms with Crippen molar-refractivity contribution >= 4 is 27.8 Å². The van der Waals surface area contributed by atoms with Gasteiger partial charge in [0.1, 0.15) is 6.04 Å². The summed E-state index contributed by atoms with van der Waals surface area (Å²) in [5.74, 6) is -0.634. The fourth-order valence-corrected chi connectivity index (χ4v) is 2.71. The zero-order valence-corrected chi connectivity index (χ0v) is 10.7. The molecule has 1 atom stereocenters. The molecule has 0 spiro atoms. The number of nitrogens with one attached hydrogen (secondary N) is 2. The minimum atomic E-state index is -3.85. The van der Waals surface area contributed by atoms with Crippen LogP contribution in [0.3, 0.4) is 0 Å². The van der Waals surface area contributed by atoms with Gasteiger partial charge in [0.2, 0.25) is 0 Å². The summed E-state index contributed by atoms with van der Waals surface area (Å²) < 4.78 is 25.6. The molecule has 7 nitrogen and oxygen atoms in total. The lowest BCUT2D eigenvalue weighted by Gasteiger charge is -2.13. The lowest BCUT2D eigenvalue weighted by atomic mass is 10.2. The number of sulfonamides is 1.